The van der Waals surface area contributed by atoms with E-state index in [9.17, 15) is 9.59 Å². The summed E-state index contributed by atoms with van der Waals surface area (Å²) in [6, 6.07) is 5.94. The summed E-state index contributed by atoms with van der Waals surface area (Å²) < 4.78 is 0. The molecule has 1 unspecified atom stereocenters. The average molecular weight is 298 g/mol. The molecule has 2 amide bonds. The van der Waals surface area contributed by atoms with Crippen molar-refractivity contribution < 1.29 is 9.59 Å². The summed E-state index contributed by atoms with van der Waals surface area (Å²) in [5.41, 5.74) is 3.64. The number of hydrogen-bond acceptors (Lipinski definition) is 2. The van der Waals surface area contributed by atoms with Crippen LogP contribution in [-0.2, 0) is 22.4 Å². The van der Waals surface area contributed by atoms with Crippen molar-refractivity contribution in [1.29, 1.82) is 0 Å². The number of nitrogens with one attached hydrogen (secondary N) is 1. The highest BCUT2D eigenvalue weighted by Gasteiger charge is 2.40. The molecule has 0 aromatic heterocycles. The van der Waals surface area contributed by atoms with Gasteiger partial charge in [0.1, 0.15) is 6.04 Å². The van der Waals surface area contributed by atoms with Crippen molar-refractivity contribution in [3.05, 3.63) is 29.3 Å². The Labute approximate surface area is 130 Å². The Morgan fingerprint density at radius 2 is 1.86 bits per heavy atom. The van der Waals surface area contributed by atoms with E-state index in [1.165, 1.54) is 17.5 Å². The molecule has 1 heterocycles. The molecular weight excluding hydrogens is 276 g/mol. The van der Waals surface area contributed by atoms with Gasteiger partial charge in [-0.15, -0.1) is 0 Å². The standard InChI is InChI=1S/C18H22N2O2/c21-17(16-5-2-10-20(16)18(22)13-6-7-13)19-15-9-8-12-3-1-4-14(12)11-15/h8-9,11,13,16H,1-7,10H2,(H,19,21). The molecule has 0 spiro atoms. The first-order chi connectivity index (χ1) is 10.7. The van der Waals surface area contributed by atoms with Gasteiger partial charge in [0.05, 0.1) is 0 Å². The van der Waals surface area contributed by atoms with Gasteiger partial charge in [-0.3, -0.25) is 9.59 Å². The van der Waals surface area contributed by atoms with E-state index in [1.807, 2.05) is 6.07 Å². The molecule has 2 fully saturated rings. The van der Waals surface area contributed by atoms with Crippen molar-refractivity contribution in [2.24, 2.45) is 5.92 Å². The summed E-state index contributed by atoms with van der Waals surface area (Å²) in [6.45, 7) is 0.734. The zero-order valence-corrected chi connectivity index (χ0v) is 12.8. The van der Waals surface area contributed by atoms with Gasteiger partial charge >= 0.3 is 0 Å². The highest BCUT2D eigenvalue weighted by Crippen LogP contribution is 2.34. The fourth-order valence-corrected chi connectivity index (χ4v) is 3.74. The Kier molecular flexibility index (Phi) is 3.40. The average Bonchev–Trinajstić information content (AvgIpc) is 3.07. The van der Waals surface area contributed by atoms with Crippen LogP contribution in [0.25, 0.3) is 0 Å². The largest absolute Gasteiger partial charge is 0.330 e. The predicted octanol–water partition coefficient (Wildman–Crippen LogP) is 2.51. The van der Waals surface area contributed by atoms with Crippen molar-refractivity contribution in [3.63, 3.8) is 0 Å². The molecule has 1 atom stereocenters. The van der Waals surface area contributed by atoms with Gasteiger partial charge in [0.2, 0.25) is 11.8 Å². The van der Waals surface area contributed by atoms with Crippen LogP contribution in [0.5, 0.6) is 0 Å². The van der Waals surface area contributed by atoms with Gasteiger partial charge < -0.3 is 10.2 Å². The molecule has 4 nitrogen and oxygen atoms in total. The van der Waals surface area contributed by atoms with Gasteiger partial charge in [-0.2, -0.15) is 0 Å². The second kappa shape index (κ2) is 5.41. The lowest BCUT2D eigenvalue weighted by Crippen LogP contribution is -2.43. The molecule has 3 aliphatic rings. The van der Waals surface area contributed by atoms with Gasteiger partial charge in [0.25, 0.3) is 0 Å². The number of likely N-dealkylation sites (tertiary alicyclic amines) is 1. The van der Waals surface area contributed by atoms with E-state index in [0.29, 0.717) is 0 Å². The number of carbonyl (C=O) groups is 2. The second-order valence-corrected chi connectivity index (χ2v) is 6.79. The minimum atomic E-state index is -0.277. The number of nitrogens with zero attached hydrogens (tertiary/aromatic N) is 1. The van der Waals surface area contributed by atoms with Crippen LogP contribution in [0.1, 0.15) is 43.2 Å². The maximum absolute atomic E-state index is 12.6. The van der Waals surface area contributed by atoms with E-state index in [0.717, 1.165) is 50.8 Å². The van der Waals surface area contributed by atoms with Crippen LogP contribution < -0.4 is 5.32 Å². The number of anilines is 1. The van der Waals surface area contributed by atoms with Gasteiger partial charge in [-0.1, -0.05) is 6.07 Å². The van der Waals surface area contributed by atoms with Crippen LogP contribution >= 0.6 is 0 Å². The Balaban J connectivity index is 1.46. The van der Waals surface area contributed by atoms with Crippen LogP contribution in [-0.4, -0.2) is 29.3 Å². The Morgan fingerprint density at radius 1 is 1.05 bits per heavy atom. The minimum Gasteiger partial charge on any atom is -0.330 e. The number of carbonyl (C=O) groups excluding carboxylic acids is 2. The summed E-state index contributed by atoms with van der Waals surface area (Å²) in [6.07, 6.45) is 7.17. The van der Waals surface area contributed by atoms with Gasteiger partial charge in [-0.05, 0) is 68.2 Å². The number of fused-ring (bicyclic) bond motifs is 1. The lowest BCUT2D eigenvalue weighted by Gasteiger charge is -2.24. The van der Waals surface area contributed by atoms with Crippen LogP contribution in [0.15, 0.2) is 18.2 Å². The number of amides is 2. The third-order valence-electron chi connectivity index (χ3n) is 5.13. The molecule has 1 saturated heterocycles. The normalized spacial score (nSPS) is 23.5. The summed E-state index contributed by atoms with van der Waals surface area (Å²) in [4.78, 5) is 26.6. The monoisotopic (exact) mass is 298 g/mol. The highest BCUT2D eigenvalue weighted by molar-refractivity contribution is 5.98. The lowest BCUT2D eigenvalue weighted by atomic mass is 10.1. The third-order valence-corrected chi connectivity index (χ3v) is 5.13. The fourth-order valence-electron chi connectivity index (χ4n) is 3.74. The van der Waals surface area contributed by atoms with E-state index in [1.54, 1.807) is 4.90 Å². The second-order valence-electron chi connectivity index (χ2n) is 6.79. The molecule has 4 rings (SSSR count). The van der Waals surface area contributed by atoms with E-state index in [2.05, 4.69) is 17.4 Å². The minimum absolute atomic E-state index is 0.0237. The summed E-state index contributed by atoms with van der Waals surface area (Å²) >= 11 is 0. The Morgan fingerprint density at radius 3 is 2.68 bits per heavy atom. The molecule has 0 bridgehead atoms. The molecular formula is C18H22N2O2. The molecule has 116 valence electrons. The van der Waals surface area contributed by atoms with E-state index >= 15 is 0 Å². The van der Waals surface area contributed by atoms with Crippen LogP contribution in [0.3, 0.4) is 0 Å². The van der Waals surface area contributed by atoms with Crippen molar-refractivity contribution in [1.82, 2.24) is 4.90 Å². The first-order valence-electron chi connectivity index (χ1n) is 8.45. The van der Waals surface area contributed by atoms with Crippen molar-refractivity contribution in [3.8, 4) is 0 Å². The van der Waals surface area contributed by atoms with Gasteiger partial charge in [-0.25, -0.2) is 0 Å². The maximum Gasteiger partial charge on any atom is 0.247 e. The molecule has 1 aliphatic heterocycles. The number of aryl methyl sites for hydroxylation is 2. The van der Waals surface area contributed by atoms with Crippen LogP contribution in [0.2, 0.25) is 0 Å². The summed E-state index contributed by atoms with van der Waals surface area (Å²) in [5.74, 6) is 0.351. The summed E-state index contributed by atoms with van der Waals surface area (Å²) in [5, 5.41) is 3.02. The topological polar surface area (TPSA) is 49.4 Å². The van der Waals surface area contributed by atoms with Crippen molar-refractivity contribution in [2.75, 3.05) is 11.9 Å². The fraction of sp³-hybridized carbons (Fsp3) is 0.556. The van der Waals surface area contributed by atoms with Crippen LogP contribution in [0.4, 0.5) is 5.69 Å². The molecule has 1 aromatic carbocycles. The van der Waals surface area contributed by atoms with E-state index in [-0.39, 0.29) is 23.8 Å². The molecule has 2 aliphatic carbocycles. The van der Waals surface area contributed by atoms with Gasteiger partial charge in [0.15, 0.2) is 0 Å². The first kappa shape index (κ1) is 13.8. The molecule has 1 saturated carbocycles. The molecule has 0 radical (unpaired) electrons. The molecule has 22 heavy (non-hydrogen) atoms. The van der Waals surface area contributed by atoms with E-state index < -0.39 is 0 Å². The SMILES string of the molecule is O=C(Nc1ccc2c(c1)CCC2)C1CCCN1C(=O)C1CC1. The number of rotatable bonds is 3. The molecule has 1 N–H and O–H groups in total. The zero-order valence-electron chi connectivity index (χ0n) is 12.8. The summed E-state index contributed by atoms with van der Waals surface area (Å²) in [7, 11) is 0. The molecule has 4 heteroatoms. The number of benzene rings is 1. The quantitative estimate of drug-likeness (QED) is 0.932. The molecule has 1 aromatic rings. The maximum atomic E-state index is 12.6. The van der Waals surface area contributed by atoms with Crippen molar-refractivity contribution in [2.45, 2.75) is 51.0 Å². The lowest BCUT2D eigenvalue weighted by molar-refractivity contribution is -0.137. The zero-order chi connectivity index (χ0) is 15.1. The van der Waals surface area contributed by atoms with E-state index in [4.69, 9.17) is 0 Å². The van der Waals surface area contributed by atoms with Crippen molar-refractivity contribution >= 4 is 17.5 Å². The Bertz CT molecular complexity index is 622. The van der Waals surface area contributed by atoms with Crippen LogP contribution in [0, 0.1) is 5.92 Å². The van der Waals surface area contributed by atoms with Gasteiger partial charge in [0, 0.05) is 18.2 Å². The predicted molar refractivity (Wildman–Crippen MR) is 84.6 cm³/mol. The smallest absolute Gasteiger partial charge is 0.247 e. The third kappa shape index (κ3) is 2.51. The Hall–Kier alpha value is -1.84. The number of hydrogen-bond donors (Lipinski definition) is 1. The highest BCUT2D eigenvalue weighted by atomic mass is 16.2. The first-order valence-corrected chi connectivity index (χ1v) is 8.45.